The van der Waals surface area contributed by atoms with Gasteiger partial charge in [0.15, 0.2) is 9.84 Å². The van der Waals surface area contributed by atoms with Crippen LogP contribution in [0, 0.1) is 0 Å². The van der Waals surface area contributed by atoms with Crippen molar-refractivity contribution in [2.45, 2.75) is 31.6 Å². The van der Waals surface area contributed by atoms with E-state index in [-0.39, 0.29) is 25.0 Å². The molecular formula is C11H24N2O4S. The number of nitrogens with one attached hydrogen (secondary N) is 2. The van der Waals surface area contributed by atoms with Gasteiger partial charge in [0, 0.05) is 26.0 Å². The Kier molecular flexibility index (Phi) is 6.80. The van der Waals surface area contributed by atoms with E-state index in [9.17, 15) is 13.2 Å². The second kappa shape index (κ2) is 7.06. The van der Waals surface area contributed by atoms with Crippen molar-refractivity contribution in [1.82, 2.24) is 10.6 Å². The first-order valence-electron chi connectivity index (χ1n) is 5.79. The van der Waals surface area contributed by atoms with Crippen LogP contribution in [0.15, 0.2) is 0 Å². The molecule has 1 amide bonds. The molecule has 0 saturated heterocycles. The summed E-state index contributed by atoms with van der Waals surface area (Å²) in [5.41, 5.74) is 0. The summed E-state index contributed by atoms with van der Waals surface area (Å²) < 4.78 is 26.9. The quantitative estimate of drug-likeness (QED) is 0.629. The first kappa shape index (κ1) is 17.3. The molecule has 0 spiro atoms. The fourth-order valence-electron chi connectivity index (χ4n) is 1.23. The van der Waals surface area contributed by atoms with Crippen molar-refractivity contribution in [2.24, 2.45) is 0 Å². The van der Waals surface area contributed by atoms with Gasteiger partial charge in [0.25, 0.3) is 0 Å². The molecule has 6 nitrogen and oxygen atoms in total. The lowest BCUT2D eigenvalue weighted by atomic mass is 10.2. The third kappa shape index (κ3) is 6.32. The van der Waals surface area contributed by atoms with Crippen LogP contribution < -0.4 is 10.6 Å². The topological polar surface area (TPSA) is 84.5 Å². The maximum absolute atomic E-state index is 11.5. The van der Waals surface area contributed by atoms with Crippen molar-refractivity contribution in [1.29, 1.82) is 0 Å². The van der Waals surface area contributed by atoms with Crippen molar-refractivity contribution in [3.05, 3.63) is 0 Å². The maximum Gasteiger partial charge on any atom is 0.234 e. The Balaban J connectivity index is 4.02. The second-order valence-corrected chi connectivity index (χ2v) is 7.71. The summed E-state index contributed by atoms with van der Waals surface area (Å²) >= 11 is 0. The summed E-state index contributed by atoms with van der Waals surface area (Å²) in [6.07, 6.45) is 1.19. The minimum absolute atomic E-state index is 0.0628. The molecule has 0 aliphatic carbocycles. The molecule has 7 heteroatoms. The smallest absolute Gasteiger partial charge is 0.234 e. The molecule has 0 radical (unpaired) electrons. The molecule has 0 heterocycles. The highest BCUT2D eigenvalue weighted by molar-refractivity contribution is 7.92. The third-order valence-electron chi connectivity index (χ3n) is 2.66. The summed E-state index contributed by atoms with van der Waals surface area (Å²) in [7, 11) is -1.58. The Hall–Kier alpha value is -0.660. The predicted molar refractivity (Wildman–Crippen MR) is 71.3 cm³/mol. The Labute approximate surface area is 109 Å². The van der Waals surface area contributed by atoms with Gasteiger partial charge in [-0.2, -0.15) is 0 Å². The van der Waals surface area contributed by atoms with Crippen molar-refractivity contribution in [3.8, 4) is 0 Å². The summed E-state index contributed by atoms with van der Waals surface area (Å²) in [4.78, 5) is 11.5. The highest BCUT2D eigenvalue weighted by Crippen LogP contribution is 2.12. The van der Waals surface area contributed by atoms with E-state index in [4.69, 9.17) is 4.74 Å². The predicted octanol–water partition coefficient (Wildman–Crippen LogP) is -0.450. The van der Waals surface area contributed by atoms with E-state index in [1.165, 1.54) is 6.26 Å². The molecule has 18 heavy (non-hydrogen) atoms. The van der Waals surface area contributed by atoms with Gasteiger partial charge in [-0.25, -0.2) is 8.42 Å². The van der Waals surface area contributed by atoms with Gasteiger partial charge in [-0.15, -0.1) is 0 Å². The molecule has 1 unspecified atom stereocenters. The van der Waals surface area contributed by atoms with E-state index < -0.39 is 14.6 Å². The summed E-state index contributed by atoms with van der Waals surface area (Å²) in [6, 6.07) is -0.0628. The number of rotatable bonds is 8. The van der Waals surface area contributed by atoms with E-state index in [0.717, 1.165) is 0 Å². The lowest BCUT2D eigenvalue weighted by molar-refractivity contribution is -0.121. The third-order valence-corrected chi connectivity index (χ3v) is 4.82. The van der Waals surface area contributed by atoms with Crippen molar-refractivity contribution in [2.75, 3.05) is 33.1 Å². The Morgan fingerprint density at radius 1 is 1.39 bits per heavy atom. The molecular weight excluding hydrogens is 256 g/mol. The number of ether oxygens (including phenoxy) is 1. The first-order chi connectivity index (χ1) is 8.10. The van der Waals surface area contributed by atoms with E-state index >= 15 is 0 Å². The van der Waals surface area contributed by atoms with Crippen molar-refractivity contribution >= 4 is 15.7 Å². The SMILES string of the molecule is COCC(C)NC(=O)CNCC(C)(C)S(C)(=O)=O. The molecule has 0 aliphatic rings. The minimum Gasteiger partial charge on any atom is -0.383 e. The number of methoxy groups -OCH3 is 1. The number of hydrogen-bond donors (Lipinski definition) is 2. The first-order valence-corrected chi connectivity index (χ1v) is 7.68. The molecule has 2 N–H and O–H groups in total. The molecule has 0 aromatic rings. The van der Waals surface area contributed by atoms with Crippen molar-refractivity contribution < 1.29 is 17.9 Å². The van der Waals surface area contributed by atoms with Crippen LogP contribution in [0.25, 0.3) is 0 Å². The van der Waals surface area contributed by atoms with Gasteiger partial charge < -0.3 is 15.4 Å². The van der Waals surface area contributed by atoms with Crippen LogP contribution >= 0.6 is 0 Å². The number of carbonyl (C=O) groups is 1. The molecule has 0 aromatic heterocycles. The monoisotopic (exact) mass is 280 g/mol. The Morgan fingerprint density at radius 3 is 2.39 bits per heavy atom. The van der Waals surface area contributed by atoms with Gasteiger partial charge in [0.05, 0.1) is 17.9 Å². The molecule has 0 aliphatic heterocycles. The zero-order chi connectivity index (χ0) is 14.4. The van der Waals surface area contributed by atoms with Crippen LogP contribution in [0.3, 0.4) is 0 Å². The largest absolute Gasteiger partial charge is 0.383 e. The normalized spacial score (nSPS) is 14.3. The zero-order valence-electron chi connectivity index (χ0n) is 11.7. The summed E-state index contributed by atoms with van der Waals surface area (Å²) in [5.74, 6) is -0.177. The second-order valence-electron chi connectivity index (χ2n) is 5.06. The van der Waals surface area contributed by atoms with Crippen LogP contribution in [-0.4, -0.2) is 58.2 Å². The van der Waals surface area contributed by atoms with E-state index in [1.807, 2.05) is 6.92 Å². The molecule has 108 valence electrons. The number of sulfone groups is 1. The highest BCUT2D eigenvalue weighted by Gasteiger charge is 2.29. The Morgan fingerprint density at radius 2 is 1.94 bits per heavy atom. The standard InChI is InChI=1S/C11H24N2O4S/c1-9(7-17-4)13-10(14)6-12-8-11(2,3)18(5,15)16/h9,12H,6-8H2,1-5H3,(H,13,14). The molecule has 0 rings (SSSR count). The van der Waals surface area contributed by atoms with Crippen LogP contribution in [0.2, 0.25) is 0 Å². The fraction of sp³-hybridized carbons (Fsp3) is 0.909. The van der Waals surface area contributed by atoms with Crippen molar-refractivity contribution in [3.63, 3.8) is 0 Å². The number of hydrogen-bond acceptors (Lipinski definition) is 5. The van der Waals surface area contributed by atoms with Gasteiger partial charge >= 0.3 is 0 Å². The van der Waals surface area contributed by atoms with E-state index in [1.54, 1.807) is 21.0 Å². The lowest BCUT2D eigenvalue weighted by Crippen LogP contribution is -2.46. The van der Waals surface area contributed by atoms with Gasteiger partial charge in [-0.05, 0) is 20.8 Å². The average Bonchev–Trinajstić information content (AvgIpc) is 2.15. The lowest BCUT2D eigenvalue weighted by Gasteiger charge is -2.23. The molecule has 0 saturated carbocycles. The van der Waals surface area contributed by atoms with Gasteiger partial charge in [0.1, 0.15) is 0 Å². The van der Waals surface area contributed by atoms with Gasteiger partial charge in [-0.1, -0.05) is 0 Å². The summed E-state index contributed by atoms with van der Waals surface area (Å²) in [5, 5.41) is 5.58. The number of carbonyl (C=O) groups excluding carboxylic acids is 1. The average molecular weight is 280 g/mol. The Bertz CT molecular complexity index is 365. The number of amides is 1. The molecule has 1 atom stereocenters. The minimum atomic E-state index is -3.15. The molecule has 0 aromatic carbocycles. The van der Waals surface area contributed by atoms with E-state index in [2.05, 4.69) is 10.6 Å². The van der Waals surface area contributed by atoms with Gasteiger partial charge in [0.2, 0.25) is 5.91 Å². The zero-order valence-corrected chi connectivity index (χ0v) is 12.6. The van der Waals surface area contributed by atoms with Crippen LogP contribution in [-0.2, 0) is 19.4 Å². The molecule has 0 fully saturated rings. The van der Waals surface area contributed by atoms with Gasteiger partial charge in [-0.3, -0.25) is 4.79 Å². The van der Waals surface area contributed by atoms with E-state index in [0.29, 0.717) is 6.61 Å². The maximum atomic E-state index is 11.5. The fourth-order valence-corrected chi connectivity index (χ4v) is 1.59. The molecule has 0 bridgehead atoms. The highest BCUT2D eigenvalue weighted by atomic mass is 32.2. The summed E-state index contributed by atoms with van der Waals surface area (Å²) in [6.45, 7) is 5.86. The van der Waals surface area contributed by atoms with Crippen LogP contribution in [0.4, 0.5) is 0 Å². The van der Waals surface area contributed by atoms with Crippen LogP contribution in [0.5, 0.6) is 0 Å². The van der Waals surface area contributed by atoms with Crippen LogP contribution in [0.1, 0.15) is 20.8 Å².